The van der Waals surface area contributed by atoms with E-state index in [9.17, 15) is 18.3 Å². The first-order chi connectivity index (χ1) is 16.5. The van der Waals surface area contributed by atoms with E-state index in [1.54, 1.807) is 24.3 Å². The number of hydrogen-bond donors (Lipinski definition) is 1. The molecule has 2 aromatic heterocycles. The van der Waals surface area contributed by atoms with Crippen molar-refractivity contribution in [1.82, 2.24) is 15.3 Å². The number of aliphatic hydroxyl groups excluding tert-OH is 1. The monoisotopic (exact) mass is 483 g/mol. The summed E-state index contributed by atoms with van der Waals surface area (Å²) in [7, 11) is 0. The summed E-state index contributed by atoms with van der Waals surface area (Å²) in [6, 6.07) is 13.4. The predicted molar refractivity (Wildman–Crippen MR) is 122 cm³/mol. The van der Waals surface area contributed by atoms with Crippen molar-refractivity contribution in [3.8, 4) is 34.3 Å². The number of hydrogen-bond acceptors (Lipinski definition) is 6. The molecule has 2 heterocycles. The predicted octanol–water partition coefficient (Wildman–Crippen LogP) is 6.72. The van der Waals surface area contributed by atoms with Gasteiger partial charge in [0.15, 0.2) is 0 Å². The van der Waals surface area contributed by atoms with Gasteiger partial charge in [-0.05, 0) is 41.4 Å². The van der Waals surface area contributed by atoms with Crippen LogP contribution < -0.4 is 0 Å². The van der Waals surface area contributed by atoms with Crippen molar-refractivity contribution in [1.29, 1.82) is 0 Å². The molecule has 5 rings (SSSR count). The smallest absolute Gasteiger partial charge is 0.388 e. The maximum absolute atomic E-state index is 14.0. The van der Waals surface area contributed by atoms with Gasteiger partial charge in [-0.25, -0.2) is 0 Å². The number of halogens is 3. The van der Waals surface area contributed by atoms with Crippen molar-refractivity contribution in [2.75, 3.05) is 0 Å². The lowest BCUT2D eigenvalue weighted by atomic mass is 9.80. The summed E-state index contributed by atoms with van der Waals surface area (Å²) in [6.07, 6.45) is -3.75. The Bertz CT molecular complexity index is 1360. The minimum absolute atomic E-state index is 0.0258. The highest BCUT2D eigenvalue weighted by Gasteiger charge is 2.43. The normalized spacial score (nSPS) is 19.9. The minimum Gasteiger partial charge on any atom is -0.388 e. The van der Waals surface area contributed by atoms with Gasteiger partial charge in [-0.1, -0.05) is 73.5 Å². The average Bonchev–Trinajstić information content (AvgIpc) is 3.44. The molecule has 0 saturated heterocycles. The van der Waals surface area contributed by atoms with Crippen LogP contribution in [0, 0.1) is 11.3 Å². The Balaban J connectivity index is 1.55. The Kier molecular flexibility index (Phi) is 5.55. The van der Waals surface area contributed by atoms with Crippen molar-refractivity contribution >= 4 is 0 Å². The number of benzene rings is 2. The molecule has 9 heteroatoms. The zero-order valence-corrected chi connectivity index (χ0v) is 19.4. The molecule has 1 aliphatic carbocycles. The van der Waals surface area contributed by atoms with Crippen LogP contribution in [0.5, 0.6) is 0 Å². The Morgan fingerprint density at radius 3 is 2.46 bits per heavy atom. The highest BCUT2D eigenvalue weighted by Crippen LogP contribution is 2.44. The first-order valence-electron chi connectivity index (χ1n) is 11.3. The van der Waals surface area contributed by atoms with Crippen LogP contribution >= 0.6 is 0 Å². The van der Waals surface area contributed by atoms with Crippen molar-refractivity contribution in [2.45, 2.75) is 45.9 Å². The summed E-state index contributed by atoms with van der Waals surface area (Å²) in [5.74, 6) is -0.820. The third-order valence-electron chi connectivity index (χ3n) is 6.45. The standard InChI is InChI=1S/C26H24F3N3O3/c1-14-12-25(2,3)13-17-11-16(9-10-18(17)21(14)33)23-30-24(35-32-23)22-19(26(27,28)29)20(31-34-22)15-7-5-4-6-8-15/h4-11,14,21,33H,12-13H2,1-3H3. The van der Waals surface area contributed by atoms with Crippen LogP contribution in [0.1, 0.15) is 50.0 Å². The Morgan fingerprint density at radius 1 is 1.00 bits per heavy atom. The highest BCUT2D eigenvalue weighted by molar-refractivity contribution is 5.71. The van der Waals surface area contributed by atoms with Gasteiger partial charge in [0.05, 0.1) is 6.10 Å². The van der Waals surface area contributed by atoms with Gasteiger partial charge in [-0.3, -0.25) is 0 Å². The molecule has 2 aromatic carbocycles. The second-order valence-corrected chi connectivity index (χ2v) is 9.90. The summed E-state index contributed by atoms with van der Waals surface area (Å²) in [6.45, 7) is 6.33. The van der Waals surface area contributed by atoms with E-state index in [0.717, 1.165) is 24.0 Å². The van der Waals surface area contributed by atoms with Gasteiger partial charge in [-0.2, -0.15) is 18.2 Å². The summed E-state index contributed by atoms with van der Waals surface area (Å²) >= 11 is 0. The molecule has 1 aliphatic rings. The lowest BCUT2D eigenvalue weighted by Gasteiger charge is -2.25. The van der Waals surface area contributed by atoms with Crippen molar-refractivity contribution in [3.63, 3.8) is 0 Å². The molecule has 0 saturated carbocycles. The van der Waals surface area contributed by atoms with E-state index in [1.165, 1.54) is 12.1 Å². The molecule has 0 radical (unpaired) electrons. The fourth-order valence-corrected chi connectivity index (χ4v) is 4.99. The fraction of sp³-hybridized carbons (Fsp3) is 0.346. The van der Waals surface area contributed by atoms with E-state index < -0.39 is 29.5 Å². The van der Waals surface area contributed by atoms with Crippen molar-refractivity contribution < 1.29 is 27.3 Å². The fourth-order valence-electron chi connectivity index (χ4n) is 4.99. The van der Waals surface area contributed by atoms with Gasteiger partial charge < -0.3 is 14.2 Å². The summed E-state index contributed by atoms with van der Waals surface area (Å²) < 4.78 is 52.3. The second kappa shape index (κ2) is 8.34. The molecule has 2 unspecified atom stereocenters. The minimum atomic E-state index is -4.75. The van der Waals surface area contributed by atoms with Crippen LogP contribution in [0.2, 0.25) is 0 Å². The Morgan fingerprint density at radius 2 is 1.74 bits per heavy atom. The molecule has 0 amide bonds. The van der Waals surface area contributed by atoms with Gasteiger partial charge >= 0.3 is 6.18 Å². The van der Waals surface area contributed by atoms with Gasteiger partial charge in [-0.15, -0.1) is 0 Å². The molecule has 0 aliphatic heterocycles. The zero-order chi connectivity index (χ0) is 25.0. The van der Waals surface area contributed by atoms with E-state index in [0.29, 0.717) is 5.56 Å². The van der Waals surface area contributed by atoms with E-state index >= 15 is 0 Å². The van der Waals surface area contributed by atoms with Crippen LogP contribution in [-0.2, 0) is 12.6 Å². The van der Waals surface area contributed by atoms with E-state index in [1.807, 2.05) is 19.1 Å². The molecule has 4 aromatic rings. The van der Waals surface area contributed by atoms with Crippen LogP contribution in [0.25, 0.3) is 34.3 Å². The highest BCUT2D eigenvalue weighted by atomic mass is 19.4. The van der Waals surface area contributed by atoms with Crippen molar-refractivity contribution in [3.05, 3.63) is 65.2 Å². The van der Waals surface area contributed by atoms with E-state index in [-0.39, 0.29) is 28.4 Å². The van der Waals surface area contributed by atoms with Gasteiger partial charge in [0.1, 0.15) is 11.3 Å². The van der Waals surface area contributed by atoms with Crippen LogP contribution in [-0.4, -0.2) is 20.4 Å². The maximum Gasteiger partial charge on any atom is 0.422 e. The number of rotatable bonds is 3. The molecule has 0 spiro atoms. The van der Waals surface area contributed by atoms with Crippen LogP contribution in [0.4, 0.5) is 13.2 Å². The van der Waals surface area contributed by atoms with Gasteiger partial charge in [0.25, 0.3) is 5.89 Å². The third-order valence-corrected chi connectivity index (χ3v) is 6.45. The average molecular weight is 483 g/mol. The first-order valence-corrected chi connectivity index (χ1v) is 11.3. The second-order valence-electron chi connectivity index (χ2n) is 9.90. The number of alkyl halides is 3. The number of aliphatic hydroxyl groups is 1. The van der Waals surface area contributed by atoms with Crippen molar-refractivity contribution in [2.24, 2.45) is 11.3 Å². The molecule has 0 bridgehead atoms. The molecule has 182 valence electrons. The zero-order valence-electron chi connectivity index (χ0n) is 19.4. The molecule has 0 fully saturated rings. The summed E-state index contributed by atoms with van der Waals surface area (Å²) in [4.78, 5) is 4.20. The molecular formula is C26H24F3N3O3. The van der Waals surface area contributed by atoms with E-state index in [4.69, 9.17) is 9.05 Å². The van der Waals surface area contributed by atoms with Gasteiger partial charge in [0.2, 0.25) is 11.6 Å². The number of fused-ring (bicyclic) bond motifs is 1. The lowest BCUT2D eigenvalue weighted by Crippen LogP contribution is -2.17. The quantitative estimate of drug-likeness (QED) is 0.326. The maximum atomic E-state index is 14.0. The molecule has 2 atom stereocenters. The largest absolute Gasteiger partial charge is 0.422 e. The Hall–Kier alpha value is -3.46. The molecule has 35 heavy (non-hydrogen) atoms. The molecular weight excluding hydrogens is 459 g/mol. The van der Waals surface area contributed by atoms with Gasteiger partial charge in [0, 0.05) is 11.1 Å². The summed E-state index contributed by atoms with van der Waals surface area (Å²) in [5, 5.41) is 18.4. The molecule has 1 N–H and O–H groups in total. The topological polar surface area (TPSA) is 85.2 Å². The third kappa shape index (κ3) is 4.36. The Labute approximate surface area is 199 Å². The molecule has 6 nitrogen and oxygen atoms in total. The van der Waals surface area contributed by atoms with E-state index in [2.05, 4.69) is 29.1 Å². The number of aromatic nitrogens is 3. The van der Waals surface area contributed by atoms with Crippen LogP contribution in [0.3, 0.4) is 0 Å². The SMILES string of the molecule is CC1CC(C)(C)Cc2cc(-c3noc(-c4onc(-c5ccccc5)c4C(F)(F)F)n3)ccc2C1O. The summed E-state index contributed by atoms with van der Waals surface area (Å²) in [5.41, 5.74) is 1.20. The number of nitrogens with zero attached hydrogens (tertiary/aromatic N) is 3. The first kappa shape index (κ1) is 23.3. The van der Waals surface area contributed by atoms with Crippen LogP contribution in [0.15, 0.2) is 57.6 Å². The lowest BCUT2D eigenvalue weighted by molar-refractivity contribution is -0.136.